The highest BCUT2D eigenvalue weighted by molar-refractivity contribution is 7.84. The molecule has 3 aromatic heterocycles. The predicted molar refractivity (Wildman–Crippen MR) is 122 cm³/mol. The lowest BCUT2D eigenvalue weighted by molar-refractivity contribution is 0.103. The number of aromatic nitrogens is 3. The number of halogens is 2. The van der Waals surface area contributed by atoms with Crippen molar-refractivity contribution in [1.29, 1.82) is 0 Å². The summed E-state index contributed by atoms with van der Waals surface area (Å²) in [6.45, 7) is 0.380. The van der Waals surface area contributed by atoms with Gasteiger partial charge in [0.2, 0.25) is 0 Å². The molecule has 0 radical (unpaired) electrons. The number of hydrogen-bond acceptors (Lipinski definition) is 8. The van der Waals surface area contributed by atoms with E-state index in [0.29, 0.717) is 22.9 Å². The Hall–Kier alpha value is -2.38. The van der Waals surface area contributed by atoms with Crippen molar-refractivity contribution in [3.63, 3.8) is 0 Å². The van der Waals surface area contributed by atoms with Gasteiger partial charge in [0.05, 0.1) is 29.1 Å². The van der Waals surface area contributed by atoms with Crippen LogP contribution in [0.2, 0.25) is 4.34 Å². The SMILES string of the molecule is NS(=O)(=O)OCC1CC(F)C(Nc2ncncc2C(=O)c2ccn(Cc3ccc(Cl)s3)c2)C1. The molecule has 4 rings (SSSR count). The molecule has 3 heterocycles. The number of hydrogen-bond donors (Lipinski definition) is 2. The standard InChI is InChI=1S/C20H21ClFN5O4S2/c21-18-2-1-14(32-18)9-27-4-3-13(8-27)19(28)15-7-24-11-25-20(15)26-17-6-12(5-16(17)22)10-31-33(23,29)30/h1-4,7-8,11-12,16-17H,5-6,9-10H2,(H2,23,29,30)(H,24,25,26). The lowest BCUT2D eigenvalue weighted by Crippen LogP contribution is -2.27. The minimum Gasteiger partial charge on any atom is -0.364 e. The molecule has 3 N–H and O–H groups in total. The third-order valence-electron chi connectivity index (χ3n) is 5.31. The van der Waals surface area contributed by atoms with E-state index >= 15 is 0 Å². The molecule has 3 unspecified atom stereocenters. The van der Waals surface area contributed by atoms with E-state index in [1.54, 1.807) is 18.5 Å². The van der Waals surface area contributed by atoms with Crippen LogP contribution in [0.25, 0.3) is 0 Å². The molecule has 33 heavy (non-hydrogen) atoms. The smallest absolute Gasteiger partial charge is 0.333 e. The van der Waals surface area contributed by atoms with Gasteiger partial charge in [0.1, 0.15) is 18.3 Å². The van der Waals surface area contributed by atoms with Crippen LogP contribution in [0.3, 0.4) is 0 Å². The van der Waals surface area contributed by atoms with Crippen molar-refractivity contribution in [2.45, 2.75) is 31.6 Å². The summed E-state index contributed by atoms with van der Waals surface area (Å²) in [5.41, 5.74) is 0.656. The summed E-state index contributed by atoms with van der Waals surface area (Å²) in [5.74, 6) is -0.423. The van der Waals surface area contributed by atoms with E-state index in [9.17, 15) is 17.6 Å². The monoisotopic (exact) mass is 513 g/mol. The van der Waals surface area contributed by atoms with Crippen LogP contribution >= 0.6 is 22.9 Å². The third-order valence-corrected chi connectivity index (χ3v) is 6.99. The molecule has 1 saturated carbocycles. The maximum absolute atomic E-state index is 14.6. The average molecular weight is 514 g/mol. The molecular formula is C20H21ClFN5O4S2. The van der Waals surface area contributed by atoms with Crippen molar-refractivity contribution in [2.75, 3.05) is 11.9 Å². The van der Waals surface area contributed by atoms with Crippen LogP contribution in [-0.4, -0.2) is 47.6 Å². The van der Waals surface area contributed by atoms with E-state index < -0.39 is 22.5 Å². The number of alkyl halides is 1. The van der Waals surface area contributed by atoms with Crippen LogP contribution in [-0.2, 0) is 21.0 Å². The number of anilines is 1. The highest BCUT2D eigenvalue weighted by Crippen LogP contribution is 2.32. The van der Waals surface area contributed by atoms with E-state index in [2.05, 4.69) is 19.5 Å². The minimum atomic E-state index is -4.09. The molecule has 13 heteroatoms. The summed E-state index contributed by atoms with van der Waals surface area (Å²) in [4.78, 5) is 22.3. The van der Waals surface area contributed by atoms with Crippen molar-refractivity contribution >= 4 is 44.8 Å². The van der Waals surface area contributed by atoms with Gasteiger partial charge in [-0.1, -0.05) is 11.6 Å². The van der Waals surface area contributed by atoms with Gasteiger partial charge in [-0.2, -0.15) is 8.42 Å². The summed E-state index contributed by atoms with van der Waals surface area (Å²) < 4.78 is 43.7. The normalized spacial score (nSPS) is 20.8. The van der Waals surface area contributed by atoms with Gasteiger partial charge in [0.25, 0.3) is 0 Å². The molecule has 3 atom stereocenters. The molecule has 9 nitrogen and oxygen atoms in total. The summed E-state index contributed by atoms with van der Waals surface area (Å²) in [5, 5.41) is 7.82. The summed E-state index contributed by atoms with van der Waals surface area (Å²) in [7, 11) is -4.09. The van der Waals surface area contributed by atoms with Gasteiger partial charge in [0.15, 0.2) is 5.78 Å². The number of nitrogens with one attached hydrogen (secondary N) is 1. The number of thiophene rings is 1. The Morgan fingerprint density at radius 2 is 2.18 bits per heavy atom. The minimum absolute atomic E-state index is 0.108. The lowest BCUT2D eigenvalue weighted by atomic mass is 10.1. The van der Waals surface area contributed by atoms with Gasteiger partial charge in [-0.25, -0.2) is 19.5 Å². The first-order chi connectivity index (χ1) is 15.7. The fraction of sp³-hybridized carbons (Fsp3) is 0.350. The van der Waals surface area contributed by atoms with Crippen molar-refractivity contribution in [1.82, 2.24) is 14.5 Å². The summed E-state index contributed by atoms with van der Waals surface area (Å²) in [6.07, 6.45) is 5.32. The van der Waals surface area contributed by atoms with Crippen molar-refractivity contribution < 1.29 is 21.8 Å². The molecule has 0 saturated heterocycles. The van der Waals surface area contributed by atoms with Crippen molar-refractivity contribution in [3.05, 3.63) is 63.5 Å². The zero-order valence-corrected chi connectivity index (χ0v) is 19.6. The van der Waals surface area contributed by atoms with E-state index in [1.807, 2.05) is 16.7 Å². The second kappa shape index (κ2) is 9.85. The molecule has 0 amide bonds. The van der Waals surface area contributed by atoms with Crippen LogP contribution in [0.4, 0.5) is 10.2 Å². The molecule has 0 bridgehead atoms. The van der Waals surface area contributed by atoms with E-state index in [1.165, 1.54) is 23.9 Å². The van der Waals surface area contributed by atoms with E-state index in [0.717, 1.165) is 4.88 Å². The number of ketones is 1. The molecule has 0 aliphatic heterocycles. The maximum Gasteiger partial charge on any atom is 0.333 e. The quantitative estimate of drug-likeness (QED) is 0.421. The molecule has 176 valence electrons. The number of nitrogens with two attached hydrogens (primary N) is 1. The zero-order chi connectivity index (χ0) is 23.6. The Bertz CT molecular complexity index is 1250. The van der Waals surface area contributed by atoms with Gasteiger partial charge in [-0.3, -0.25) is 8.98 Å². The molecule has 1 fully saturated rings. The van der Waals surface area contributed by atoms with Gasteiger partial charge < -0.3 is 9.88 Å². The summed E-state index contributed by atoms with van der Waals surface area (Å²) in [6, 6.07) is 4.79. The first-order valence-corrected chi connectivity index (χ1v) is 12.7. The molecule has 1 aliphatic rings. The molecule has 3 aromatic rings. The van der Waals surface area contributed by atoms with E-state index in [4.69, 9.17) is 16.7 Å². The third kappa shape index (κ3) is 6.15. The Morgan fingerprint density at radius 1 is 1.36 bits per heavy atom. The molecular weight excluding hydrogens is 493 g/mol. The number of carbonyl (C=O) groups excluding carboxylic acids is 1. The van der Waals surface area contributed by atoms with Crippen LogP contribution < -0.4 is 10.5 Å². The predicted octanol–water partition coefficient (Wildman–Crippen LogP) is 3.02. The van der Waals surface area contributed by atoms with Gasteiger partial charge in [0, 0.05) is 29.0 Å². The number of rotatable bonds is 9. The second-order valence-electron chi connectivity index (χ2n) is 7.77. The Kier molecular flexibility index (Phi) is 7.10. The number of carbonyl (C=O) groups is 1. The van der Waals surface area contributed by atoms with Crippen LogP contribution in [0.5, 0.6) is 0 Å². The van der Waals surface area contributed by atoms with Gasteiger partial charge in [-0.15, -0.1) is 11.3 Å². The molecule has 1 aliphatic carbocycles. The first kappa shape index (κ1) is 23.8. The van der Waals surface area contributed by atoms with Crippen LogP contribution in [0, 0.1) is 5.92 Å². The Balaban J connectivity index is 1.45. The zero-order valence-electron chi connectivity index (χ0n) is 17.2. The Labute approximate surface area is 199 Å². The maximum atomic E-state index is 14.6. The van der Waals surface area contributed by atoms with Gasteiger partial charge >= 0.3 is 10.3 Å². The van der Waals surface area contributed by atoms with Gasteiger partial charge in [-0.05, 0) is 37.0 Å². The highest BCUT2D eigenvalue weighted by atomic mass is 35.5. The van der Waals surface area contributed by atoms with Crippen molar-refractivity contribution in [3.8, 4) is 0 Å². The van der Waals surface area contributed by atoms with Crippen LogP contribution in [0.1, 0.15) is 33.6 Å². The summed E-state index contributed by atoms with van der Waals surface area (Å²) >= 11 is 7.44. The fourth-order valence-corrected chi connectivity index (χ4v) is 5.27. The van der Waals surface area contributed by atoms with E-state index in [-0.39, 0.29) is 36.1 Å². The number of nitrogens with zero attached hydrogens (tertiary/aromatic N) is 3. The van der Waals surface area contributed by atoms with Crippen LogP contribution in [0.15, 0.2) is 43.1 Å². The topological polar surface area (TPSA) is 129 Å². The fourth-order valence-electron chi connectivity index (χ4n) is 3.79. The largest absolute Gasteiger partial charge is 0.364 e. The second-order valence-corrected chi connectivity index (χ2v) is 10.8. The average Bonchev–Trinajstić information content (AvgIpc) is 3.47. The lowest BCUT2D eigenvalue weighted by Gasteiger charge is -2.17. The Morgan fingerprint density at radius 3 is 2.91 bits per heavy atom. The first-order valence-electron chi connectivity index (χ1n) is 10.0. The van der Waals surface area contributed by atoms with Crippen molar-refractivity contribution in [2.24, 2.45) is 11.1 Å². The highest BCUT2D eigenvalue weighted by Gasteiger charge is 2.36. The molecule has 0 spiro atoms. The molecule has 0 aromatic carbocycles.